The Morgan fingerprint density at radius 3 is 2.50 bits per heavy atom. The van der Waals surface area contributed by atoms with E-state index in [0.717, 1.165) is 16.9 Å². The fraction of sp³-hybridized carbons (Fsp3) is 0.286. The number of nitrogens with zero attached hydrogens (tertiary/aromatic N) is 2. The molecule has 1 aromatic carbocycles. The lowest BCUT2D eigenvalue weighted by molar-refractivity contribution is 0.447. The van der Waals surface area contributed by atoms with Crippen molar-refractivity contribution in [3.8, 4) is 11.6 Å². The number of anilines is 1. The number of nitrogens with two attached hydrogens (primary N) is 1. The first kappa shape index (κ1) is 12.4. The summed E-state index contributed by atoms with van der Waals surface area (Å²) in [5.41, 5.74) is 7.80. The van der Waals surface area contributed by atoms with Crippen LogP contribution in [0.25, 0.3) is 0 Å². The van der Waals surface area contributed by atoms with Gasteiger partial charge in [0.15, 0.2) is 0 Å². The zero-order chi connectivity index (χ0) is 13.1. The van der Waals surface area contributed by atoms with E-state index in [2.05, 4.69) is 36.2 Å². The molecule has 0 aliphatic heterocycles. The van der Waals surface area contributed by atoms with Gasteiger partial charge in [-0.3, -0.25) is 0 Å². The van der Waals surface area contributed by atoms with Crippen LogP contribution in [-0.4, -0.2) is 10.2 Å². The van der Waals surface area contributed by atoms with Crippen molar-refractivity contribution in [2.45, 2.75) is 26.7 Å². The fourth-order valence-corrected chi connectivity index (χ4v) is 1.70. The Morgan fingerprint density at radius 2 is 1.89 bits per heavy atom. The van der Waals surface area contributed by atoms with Crippen LogP contribution >= 0.6 is 0 Å². The molecule has 0 unspecified atom stereocenters. The summed E-state index contributed by atoms with van der Waals surface area (Å²) >= 11 is 0. The normalized spacial score (nSPS) is 10.7. The molecule has 0 aliphatic rings. The number of hydrogen-bond donors (Lipinski definition) is 1. The molecule has 0 aliphatic carbocycles. The molecule has 94 valence electrons. The highest BCUT2D eigenvalue weighted by Crippen LogP contribution is 2.30. The molecule has 0 spiro atoms. The summed E-state index contributed by atoms with van der Waals surface area (Å²) in [6.45, 7) is 6.30. The molecule has 0 radical (unpaired) electrons. The first-order valence-electron chi connectivity index (χ1n) is 5.94. The topological polar surface area (TPSA) is 61.0 Å². The Bertz CT molecular complexity index is 535. The van der Waals surface area contributed by atoms with Gasteiger partial charge in [-0.05, 0) is 36.1 Å². The van der Waals surface area contributed by atoms with E-state index in [4.69, 9.17) is 10.5 Å². The number of benzene rings is 1. The molecule has 2 aromatic rings. The minimum absolute atomic E-state index is 0.385. The van der Waals surface area contributed by atoms with E-state index in [9.17, 15) is 0 Å². The van der Waals surface area contributed by atoms with Gasteiger partial charge in [-0.15, -0.1) is 10.2 Å². The Hall–Kier alpha value is -2.10. The highest BCUT2D eigenvalue weighted by molar-refractivity contribution is 5.41. The smallest absolute Gasteiger partial charge is 0.239 e. The van der Waals surface area contributed by atoms with Crippen LogP contribution in [0.15, 0.2) is 30.3 Å². The third-order valence-corrected chi connectivity index (χ3v) is 2.67. The van der Waals surface area contributed by atoms with Crippen molar-refractivity contribution >= 4 is 5.82 Å². The average Bonchev–Trinajstić information content (AvgIpc) is 2.32. The lowest BCUT2D eigenvalue weighted by atomic mass is 10.0. The van der Waals surface area contributed by atoms with Gasteiger partial charge < -0.3 is 10.5 Å². The number of hydrogen-bond acceptors (Lipinski definition) is 4. The number of nitrogen functional groups attached to an aromatic ring is 1. The molecule has 4 nitrogen and oxygen atoms in total. The average molecular weight is 243 g/mol. The van der Waals surface area contributed by atoms with Gasteiger partial charge in [-0.2, -0.15) is 0 Å². The first-order valence-corrected chi connectivity index (χ1v) is 5.94. The van der Waals surface area contributed by atoms with E-state index >= 15 is 0 Å². The summed E-state index contributed by atoms with van der Waals surface area (Å²) in [5.74, 6) is 2.05. The lowest BCUT2D eigenvalue weighted by Crippen LogP contribution is -1.98. The van der Waals surface area contributed by atoms with Crippen molar-refractivity contribution in [1.29, 1.82) is 0 Å². The highest BCUT2D eigenvalue weighted by Gasteiger charge is 2.09. The second kappa shape index (κ2) is 5.04. The van der Waals surface area contributed by atoms with Crippen molar-refractivity contribution in [3.05, 3.63) is 41.5 Å². The van der Waals surface area contributed by atoms with Crippen molar-refractivity contribution in [1.82, 2.24) is 10.2 Å². The molecule has 18 heavy (non-hydrogen) atoms. The van der Waals surface area contributed by atoms with E-state index in [0.29, 0.717) is 17.6 Å². The van der Waals surface area contributed by atoms with Crippen LogP contribution in [0.3, 0.4) is 0 Å². The van der Waals surface area contributed by atoms with Gasteiger partial charge in [0.1, 0.15) is 11.6 Å². The Kier molecular flexibility index (Phi) is 3.46. The van der Waals surface area contributed by atoms with Gasteiger partial charge in [0.2, 0.25) is 5.88 Å². The summed E-state index contributed by atoms with van der Waals surface area (Å²) in [5, 5.41) is 7.68. The molecule has 1 aromatic heterocycles. The molecule has 0 saturated heterocycles. The maximum absolute atomic E-state index is 5.78. The van der Waals surface area contributed by atoms with Crippen molar-refractivity contribution in [2.24, 2.45) is 0 Å². The van der Waals surface area contributed by atoms with Crippen LogP contribution in [0, 0.1) is 6.92 Å². The molecule has 4 heteroatoms. The molecule has 0 saturated carbocycles. The summed E-state index contributed by atoms with van der Waals surface area (Å²) in [7, 11) is 0. The fourth-order valence-electron chi connectivity index (χ4n) is 1.70. The van der Waals surface area contributed by atoms with E-state index in [-0.39, 0.29) is 0 Å². The Morgan fingerprint density at radius 1 is 1.11 bits per heavy atom. The summed E-state index contributed by atoms with van der Waals surface area (Å²) in [6, 6.07) is 9.56. The SMILES string of the molecule is Cc1ccc(C(C)C)c(Oc2ccc(N)nn2)c1. The molecule has 0 atom stereocenters. The Labute approximate surface area is 107 Å². The number of ether oxygens (including phenoxy) is 1. The molecular weight excluding hydrogens is 226 g/mol. The van der Waals surface area contributed by atoms with Gasteiger partial charge in [-0.25, -0.2) is 0 Å². The molecule has 2 N–H and O–H groups in total. The standard InChI is InChI=1S/C14H17N3O/c1-9(2)11-5-4-10(3)8-12(11)18-14-7-6-13(15)16-17-14/h4-9H,1-3H3,(H2,15,16). The van der Waals surface area contributed by atoms with Gasteiger partial charge in [0.25, 0.3) is 0 Å². The summed E-state index contributed by atoms with van der Waals surface area (Å²) in [4.78, 5) is 0. The zero-order valence-corrected chi connectivity index (χ0v) is 10.8. The largest absolute Gasteiger partial charge is 0.437 e. The van der Waals surface area contributed by atoms with Gasteiger partial charge in [-0.1, -0.05) is 26.0 Å². The van der Waals surface area contributed by atoms with E-state index in [1.165, 1.54) is 0 Å². The van der Waals surface area contributed by atoms with Crippen molar-refractivity contribution in [3.63, 3.8) is 0 Å². The molecule has 0 amide bonds. The number of aromatic nitrogens is 2. The number of aryl methyl sites for hydroxylation is 1. The minimum Gasteiger partial charge on any atom is -0.437 e. The molecular formula is C14H17N3O. The summed E-state index contributed by atoms with van der Waals surface area (Å²) < 4.78 is 5.78. The van der Waals surface area contributed by atoms with E-state index in [1.807, 2.05) is 13.0 Å². The summed E-state index contributed by atoms with van der Waals surface area (Å²) in [6.07, 6.45) is 0. The third-order valence-electron chi connectivity index (χ3n) is 2.67. The van der Waals surface area contributed by atoms with E-state index < -0.39 is 0 Å². The lowest BCUT2D eigenvalue weighted by Gasteiger charge is -2.13. The van der Waals surface area contributed by atoms with Gasteiger partial charge in [0, 0.05) is 6.07 Å². The molecule has 0 bridgehead atoms. The first-order chi connectivity index (χ1) is 8.56. The number of rotatable bonds is 3. The monoisotopic (exact) mass is 243 g/mol. The predicted octanol–water partition coefficient (Wildman–Crippen LogP) is 3.28. The second-order valence-corrected chi connectivity index (χ2v) is 4.59. The highest BCUT2D eigenvalue weighted by atomic mass is 16.5. The van der Waals surface area contributed by atoms with Crippen LogP contribution in [0.2, 0.25) is 0 Å². The molecule has 0 fully saturated rings. The van der Waals surface area contributed by atoms with E-state index in [1.54, 1.807) is 12.1 Å². The van der Waals surface area contributed by atoms with Crippen molar-refractivity contribution in [2.75, 3.05) is 5.73 Å². The maximum atomic E-state index is 5.78. The zero-order valence-electron chi connectivity index (χ0n) is 10.8. The van der Waals surface area contributed by atoms with Crippen LogP contribution in [0.5, 0.6) is 11.6 Å². The van der Waals surface area contributed by atoms with Gasteiger partial charge in [0.05, 0.1) is 0 Å². The molecule has 1 heterocycles. The van der Waals surface area contributed by atoms with Crippen LogP contribution in [0.4, 0.5) is 5.82 Å². The predicted molar refractivity (Wildman–Crippen MR) is 71.8 cm³/mol. The third kappa shape index (κ3) is 2.77. The van der Waals surface area contributed by atoms with Gasteiger partial charge >= 0.3 is 0 Å². The molecule has 2 rings (SSSR count). The van der Waals surface area contributed by atoms with Crippen molar-refractivity contribution < 1.29 is 4.74 Å². The maximum Gasteiger partial charge on any atom is 0.239 e. The Balaban J connectivity index is 2.32. The van der Waals surface area contributed by atoms with Crippen LogP contribution in [-0.2, 0) is 0 Å². The quantitative estimate of drug-likeness (QED) is 0.898. The minimum atomic E-state index is 0.385. The second-order valence-electron chi connectivity index (χ2n) is 4.59. The van der Waals surface area contributed by atoms with Crippen LogP contribution in [0.1, 0.15) is 30.9 Å². The van der Waals surface area contributed by atoms with Crippen LogP contribution < -0.4 is 10.5 Å².